The van der Waals surface area contributed by atoms with Crippen molar-refractivity contribution in [2.45, 2.75) is 6.92 Å². The molecule has 0 spiro atoms. The summed E-state index contributed by atoms with van der Waals surface area (Å²) in [5.74, 6) is 4.48. The molecule has 0 aromatic rings. The number of hydrogen-bond acceptors (Lipinski definition) is 2. The number of terminal acetylenes is 1. The number of nitrogens with one attached hydrogen (secondary N) is 1. The van der Waals surface area contributed by atoms with Crippen LogP contribution in [-0.2, 0) is 0 Å². The Balaban J connectivity index is 3.06. The maximum Gasteiger partial charge on any atom is 0.0573 e. The zero-order valence-electron chi connectivity index (χ0n) is 6.68. The van der Waals surface area contributed by atoms with Crippen LogP contribution in [0.4, 0.5) is 0 Å². The van der Waals surface area contributed by atoms with Crippen LogP contribution in [0.15, 0.2) is 0 Å². The summed E-state index contributed by atoms with van der Waals surface area (Å²) in [4.78, 5) is 0. The average Bonchev–Trinajstić information content (AvgIpc) is 1.89. The fourth-order valence-corrected chi connectivity index (χ4v) is 1.42. The number of thioether (sulfide) groups is 1. The molecule has 58 valence electrons. The van der Waals surface area contributed by atoms with Crippen LogP contribution >= 0.6 is 11.8 Å². The van der Waals surface area contributed by atoms with Gasteiger partial charge in [-0.3, -0.25) is 0 Å². The van der Waals surface area contributed by atoms with Gasteiger partial charge in [0.25, 0.3) is 0 Å². The molecule has 10 heavy (non-hydrogen) atoms. The van der Waals surface area contributed by atoms with E-state index in [1.165, 1.54) is 5.75 Å². The Morgan fingerprint density at radius 1 is 1.70 bits per heavy atom. The Morgan fingerprint density at radius 2 is 2.40 bits per heavy atom. The second-order valence-corrected chi connectivity index (χ2v) is 3.31. The minimum absolute atomic E-state index is 0.693. The van der Waals surface area contributed by atoms with Gasteiger partial charge in [0.05, 0.1) is 6.54 Å². The summed E-state index contributed by atoms with van der Waals surface area (Å²) < 4.78 is 0. The molecule has 0 amide bonds. The molecular weight excluding hydrogens is 142 g/mol. The predicted molar refractivity (Wildman–Crippen MR) is 49.2 cm³/mol. The van der Waals surface area contributed by atoms with Crippen LogP contribution in [-0.4, -0.2) is 25.1 Å². The van der Waals surface area contributed by atoms with E-state index in [9.17, 15) is 0 Å². The van der Waals surface area contributed by atoms with Crippen molar-refractivity contribution in [3.8, 4) is 12.3 Å². The van der Waals surface area contributed by atoms with E-state index in [-0.39, 0.29) is 0 Å². The minimum atomic E-state index is 0.693. The van der Waals surface area contributed by atoms with Crippen molar-refractivity contribution in [1.82, 2.24) is 5.32 Å². The van der Waals surface area contributed by atoms with E-state index in [1.54, 1.807) is 0 Å². The fraction of sp³-hybridized carbons (Fsp3) is 0.750. The van der Waals surface area contributed by atoms with Crippen LogP contribution < -0.4 is 5.32 Å². The molecule has 0 saturated carbocycles. The Morgan fingerprint density at radius 3 is 2.90 bits per heavy atom. The molecule has 0 bridgehead atoms. The van der Waals surface area contributed by atoms with E-state index in [0.29, 0.717) is 6.54 Å². The summed E-state index contributed by atoms with van der Waals surface area (Å²) in [6.45, 7) is 3.95. The molecule has 0 aromatic heterocycles. The number of hydrogen-bond donors (Lipinski definition) is 1. The second kappa shape index (κ2) is 6.98. The van der Waals surface area contributed by atoms with Gasteiger partial charge in [-0.2, -0.15) is 11.8 Å². The van der Waals surface area contributed by atoms with Crippen LogP contribution in [0.2, 0.25) is 0 Å². The van der Waals surface area contributed by atoms with Crippen molar-refractivity contribution in [3.63, 3.8) is 0 Å². The fourth-order valence-electron chi connectivity index (χ4n) is 0.734. The van der Waals surface area contributed by atoms with Gasteiger partial charge >= 0.3 is 0 Å². The van der Waals surface area contributed by atoms with Crippen molar-refractivity contribution in [3.05, 3.63) is 0 Å². The average molecular weight is 157 g/mol. The van der Waals surface area contributed by atoms with Gasteiger partial charge in [-0.05, 0) is 24.5 Å². The van der Waals surface area contributed by atoms with Crippen LogP contribution in [0.25, 0.3) is 0 Å². The van der Waals surface area contributed by atoms with Crippen LogP contribution in [0.5, 0.6) is 0 Å². The van der Waals surface area contributed by atoms with Crippen LogP contribution in [0.1, 0.15) is 6.92 Å². The van der Waals surface area contributed by atoms with Gasteiger partial charge in [-0.25, -0.2) is 0 Å². The highest BCUT2D eigenvalue weighted by molar-refractivity contribution is 7.98. The zero-order valence-corrected chi connectivity index (χ0v) is 7.50. The molecule has 2 heteroatoms. The van der Waals surface area contributed by atoms with E-state index in [4.69, 9.17) is 6.42 Å². The standard InChI is InChI=1S/C8H15NS/c1-4-5-9-6-8(2)7-10-3/h1,8-9H,5-7H2,2-3H3. The Bertz CT molecular complexity index is 106. The quantitative estimate of drug-likeness (QED) is 0.475. The molecule has 0 aromatic carbocycles. The van der Waals surface area contributed by atoms with Crippen molar-refractivity contribution < 1.29 is 0 Å². The smallest absolute Gasteiger partial charge is 0.0573 e. The first-order chi connectivity index (χ1) is 4.81. The van der Waals surface area contributed by atoms with E-state index < -0.39 is 0 Å². The van der Waals surface area contributed by atoms with Crippen molar-refractivity contribution in [1.29, 1.82) is 0 Å². The molecule has 0 radical (unpaired) electrons. The highest BCUT2D eigenvalue weighted by Crippen LogP contribution is 2.01. The third kappa shape index (κ3) is 6.00. The highest BCUT2D eigenvalue weighted by atomic mass is 32.2. The summed E-state index contributed by atoms with van der Waals surface area (Å²) in [5.41, 5.74) is 0. The van der Waals surface area contributed by atoms with E-state index in [2.05, 4.69) is 24.4 Å². The summed E-state index contributed by atoms with van der Waals surface area (Å²) in [6, 6.07) is 0. The molecule has 0 aliphatic carbocycles. The van der Waals surface area contributed by atoms with Gasteiger partial charge in [-0.15, -0.1) is 6.42 Å². The van der Waals surface area contributed by atoms with E-state index in [0.717, 1.165) is 12.5 Å². The topological polar surface area (TPSA) is 12.0 Å². The monoisotopic (exact) mass is 157 g/mol. The van der Waals surface area contributed by atoms with Gasteiger partial charge in [0.15, 0.2) is 0 Å². The number of rotatable bonds is 5. The van der Waals surface area contributed by atoms with E-state index >= 15 is 0 Å². The lowest BCUT2D eigenvalue weighted by molar-refractivity contribution is 0.588. The first-order valence-electron chi connectivity index (χ1n) is 3.44. The third-order valence-corrected chi connectivity index (χ3v) is 2.07. The molecule has 1 N–H and O–H groups in total. The molecule has 1 nitrogen and oxygen atoms in total. The van der Waals surface area contributed by atoms with Crippen molar-refractivity contribution in [2.24, 2.45) is 5.92 Å². The zero-order chi connectivity index (χ0) is 7.82. The SMILES string of the molecule is C#CCNCC(C)CSC. The predicted octanol–water partition coefficient (Wildman–Crippen LogP) is 1.21. The van der Waals surface area contributed by atoms with Gasteiger partial charge in [0.1, 0.15) is 0 Å². The van der Waals surface area contributed by atoms with Gasteiger partial charge < -0.3 is 5.32 Å². The van der Waals surface area contributed by atoms with Crippen LogP contribution in [0.3, 0.4) is 0 Å². The lowest BCUT2D eigenvalue weighted by Gasteiger charge is -2.08. The maximum absolute atomic E-state index is 5.07. The Kier molecular flexibility index (Phi) is 6.89. The summed E-state index contributed by atoms with van der Waals surface area (Å²) in [5, 5.41) is 3.17. The molecule has 0 saturated heterocycles. The molecule has 0 heterocycles. The summed E-state index contributed by atoms with van der Waals surface area (Å²) in [6.07, 6.45) is 7.19. The Hall–Kier alpha value is -0.130. The molecule has 0 fully saturated rings. The minimum Gasteiger partial charge on any atom is -0.306 e. The second-order valence-electron chi connectivity index (χ2n) is 2.40. The van der Waals surface area contributed by atoms with E-state index in [1.807, 2.05) is 11.8 Å². The van der Waals surface area contributed by atoms with Crippen LogP contribution in [0, 0.1) is 18.3 Å². The third-order valence-electron chi connectivity index (χ3n) is 1.17. The van der Waals surface area contributed by atoms with Gasteiger partial charge in [-0.1, -0.05) is 12.8 Å². The first kappa shape index (κ1) is 9.87. The largest absolute Gasteiger partial charge is 0.306 e. The molecule has 0 aliphatic rings. The first-order valence-corrected chi connectivity index (χ1v) is 4.83. The summed E-state index contributed by atoms with van der Waals surface area (Å²) >= 11 is 1.88. The Labute approximate surface area is 68.0 Å². The molecule has 0 rings (SSSR count). The van der Waals surface area contributed by atoms with Gasteiger partial charge in [0, 0.05) is 0 Å². The maximum atomic E-state index is 5.07. The highest BCUT2D eigenvalue weighted by Gasteiger charge is 1.97. The van der Waals surface area contributed by atoms with Gasteiger partial charge in [0.2, 0.25) is 0 Å². The molecule has 1 atom stereocenters. The van der Waals surface area contributed by atoms with Crippen molar-refractivity contribution >= 4 is 11.8 Å². The summed E-state index contributed by atoms with van der Waals surface area (Å²) in [7, 11) is 0. The van der Waals surface area contributed by atoms with Crippen molar-refractivity contribution in [2.75, 3.05) is 25.1 Å². The lowest BCUT2D eigenvalue weighted by atomic mass is 10.2. The normalized spacial score (nSPS) is 12.5. The molecule has 0 aliphatic heterocycles. The molecular formula is C8H15NS. The molecule has 1 unspecified atom stereocenters. The lowest BCUT2D eigenvalue weighted by Crippen LogP contribution is -2.22.